The molecule has 0 bridgehead atoms. The van der Waals surface area contributed by atoms with Crippen molar-refractivity contribution in [2.24, 2.45) is 0 Å². The van der Waals surface area contributed by atoms with Crippen molar-refractivity contribution in [2.75, 3.05) is 13.2 Å². The molecule has 0 heterocycles. The topological polar surface area (TPSA) is 78.9 Å². The number of esters is 3. The first kappa shape index (κ1) is 73.6. The maximum absolute atomic E-state index is 12.9. The molecule has 0 saturated heterocycles. The van der Waals surface area contributed by atoms with E-state index in [4.69, 9.17) is 14.2 Å². The monoisotopic (exact) mass is 1070 g/mol. The van der Waals surface area contributed by atoms with Crippen molar-refractivity contribution in [3.8, 4) is 0 Å². The summed E-state index contributed by atoms with van der Waals surface area (Å²) in [4.78, 5) is 38.3. The number of ether oxygens (including phenoxy) is 3. The molecule has 0 rings (SSSR count). The standard InChI is InChI=1S/C70H130O6/c1-4-7-10-13-16-19-22-24-26-28-30-31-32-33-34-35-36-37-38-39-40-42-43-45-48-51-54-57-60-63-69(72)75-66-67(65-74-68(71)62-59-56-53-50-47-21-18-15-12-9-6-3)76-70(73)64-61-58-55-52-49-46-44-41-29-27-25-23-20-17-14-11-8-5-2/h15,18,27-30,67H,4-14,16-17,19-26,31-66H2,1-3H3/b18-15-,29-27-,30-28-. The molecule has 6 nitrogen and oxygen atoms in total. The van der Waals surface area contributed by atoms with Crippen molar-refractivity contribution in [3.63, 3.8) is 0 Å². The second-order valence-corrected chi connectivity index (χ2v) is 23.1. The lowest BCUT2D eigenvalue weighted by atomic mass is 10.0. The molecule has 0 aromatic carbocycles. The molecule has 0 radical (unpaired) electrons. The molecule has 1 unspecified atom stereocenters. The van der Waals surface area contributed by atoms with Crippen LogP contribution in [0.25, 0.3) is 0 Å². The van der Waals surface area contributed by atoms with Gasteiger partial charge >= 0.3 is 17.9 Å². The Hall–Kier alpha value is -2.37. The van der Waals surface area contributed by atoms with Crippen LogP contribution < -0.4 is 0 Å². The third-order valence-electron chi connectivity index (χ3n) is 15.3. The zero-order valence-electron chi connectivity index (χ0n) is 51.3. The number of hydrogen-bond acceptors (Lipinski definition) is 6. The average molecular weight is 1070 g/mol. The van der Waals surface area contributed by atoms with Crippen LogP contribution in [0.15, 0.2) is 36.5 Å². The summed E-state index contributed by atoms with van der Waals surface area (Å²) in [6, 6.07) is 0. The molecule has 0 fully saturated rings. The van der Waals surface area contributed by atoms with E-state index in [2.05, 4.69) is 57.2 Å². The summed E-state index contributed by atoms with van der Waals surface area (Å²) in [6.07, 6.45) is 80.4. The molecule has 0 N–H and O–H groups in total. The van der Waals surface area contributed by atoms with Crippen LogP contribution in [0.4, 0.5) is 0 Å². The molecule has 0 aliphatic rings. The smallest absolute Gasteiger partial charge is 0.306 e. The molecule has 0 saturated carbocycles. The Morgan fingerprint density at radius 3 is 0.697 bits per heavy atom. The van der Waals surface area contributed by atoms with Gasteiger partial charge in [-0.1, -0.05) is 301 Å². The van der Waals surface area contributed by atoms with Gasteiger partial charge in [0.2, 0.25) is 0 Å². The summed E-state index contributed by atoms with van der Waals surface area (Å²) in [7, 11) is 0. The van der Waals surface area contributed by atoms with Crippen LogP contribution in [-0.2, 0) is 28.6 Å². The van der Waals surface area contributed by atoms with Gasteiger partial charge in [-0.2, -0.15) is 0 Å². The number of allylic oxidation sites excluding steroid dienone is 6. The molecule has 1 atom stereocenters. The highest BCUT2D eigenvalue weighted by atomic mass is 16.6. The Bertz CT molecular complexity index is 1270. The van der Waals surface area contributed by atoms with E-state index in [1.165, 1.54) is 270 Å². The van der Waals surface area contributed by atoms with Gasteiger partial charge in [-0.25, -0.2) is 0 Å². The van der Waals surface area contributed by atoms with Crippen LogP contribution in [0.2, 0.25) is 0 Å². The van der Waals surface area contributed by atoms with Gasteiger partial charge in [0.25, 0.3) is 0 Å². The van der Waals surface area contributed by atoms with Gasteiger partial charge in [0.1, 0.15) is 13.2 Å². The minimum absolute atomic E-state index is 0.0726. The predicted molar refractivity (Wildman–Crippen MR) is 330 cm³/mol. The maximum Gasteiger partial charge on any atom is 0.306 e. The lowest BCUT2D eigenvalue weighted by molar-refractivity contribution is -0.167. The number of carbonyl (C=O) groups excluding carboxylic acids is 3. The summed E-state index contributed by atoms with van der Waals surface area (Å²) in [6.45, 7) is 6.65. The van der Waals surface area contributed by atoms with E-state index in [0.29, 0.717) is 19.3 Å². The van der Waals surface area contributed by atoms with Crippen LogP contribution in [0.5, 0.6) is 0 Å². The number of hydrogen-bond donors (Lipinski definition) is 0. The Morgan fingerprint density at radius 2 is 0.447 bits per heavy atom. The lowest BCUT2D eigenvalue weighted by Crippen LogP contribution is -2.30. The third-order valence-corrected chi connectivity index (χ3v) is 15.3. The second-order valence-electron chi connectivity index (χ2n) is 23.1. The van der Waals surface area contributed by atoms with Crippen LogP contribution in [0.3, 0.4) is 0 Å². The van der Waals surface area contributed by atoms with E-state index >= 15 is 0 Å². The zero-order valence-corrected chi connectivity index (χ0v) is 51.3. The van der Waals surface area contributed by atoms with Crippen molar-refractivity contribution in [3.05, 3.63) is 36.5 Å². The van der Waals surface area contributed by atoms with Crippen LogP contribution in [0, 0.1) is 0 Å². The summed E-state index contributed by atoms with van der Waals surface area (Å²) in [5.41, 5.74) is 0. The molecule has 0 amide bonds. The first-order chi connectivity index (χ1) is 37.5. The Morgan fingerprint density at radius 1 is 0.250 bits per heavy atom. The first-order valence-corrected chi connectivity index (χ1v) is 34.0. The number of unbranched alkanes of at least 4 members (excludes halogenated alkanes) is 46. The van der Waals surface area contributed by atoms with Gasteiger partial charge in [-0.05, 0) is 89.9 Å². The highest BCUT2D eigenvalue weighted by Crippen LogP contribution is 2.18. The molecule has 446 valence electrons. The van der Waals surface area contributed by atoms with E-state index in [1.54, 1.807) is 0 Å². The van der Waals surface area contributed by atoms with Gasteiger partial charge in [0.05, 0.1) is 0 Å². The quantitative estimate of drug-likeness (QED) is 0.0261. The highest BCUT2D eigenvalue weighted by Gasteiger charge is 2.19. The molecule has 0 spiro atoms. The molecule has 6 heteroatoms. The van der Waals surface area contributed by atoms with E-state index in [1.807, 2.05) is 0 Å². The number of carbonyl (C=O) groups is 3. The maximum atomic E-state index is 12.9. The summed E-state index contributed by atoms with van der Waals surface area (Å²) >= 11 is 0. The number of rotatable bonds is 63. The zero-order chi connectivity index (χ0) is 55.0. The molecule has 0 aromatic heterocycles. The van der Waals surface area contributed by atoms with E-state index < -0.39 is 6.10 Å². The predicted octanol–water partition coefficient (Wildman–Crippen LogP) is 23.2. The largest absolute Gasteiger partial charge is 0.462 e. The Kier molecular flexibility index (Phi) is 63.1. The molecule has 76 heavy (non-hydrogen) atoms. The van der Waals surface area contributed by atoms with Gasteiger partial charge in [0.15, 0.2) is 6.10 Å². The third kappa shape index (κ3) is 62.5. The first-order valence-electron chi connectivity index (χ1n) is 34.0. The Balaban J connectivity index is 4.14. The van der Waals surface area contributed by atoms with Crippen LogP contribution in [0.1, 0.15) is 374 Å². The van der Waals surface area contributed by atoms with Gasteiger partial charge < -0.3 is 14.2 Å². The van der Waals surface area contributed by atoms with Crippen molar-refractivity contribution >= 4 is 17.9 Å². The summed E-state index contributed by atoms with van der Waals surface area (Å²) < 4.78 is 16.9. The van der Waals surface area contributed by atoms with Crippen molar-refractivity contribution < 1.29 is 28.6 Å². The van der Waals surface area contributed by atoms with Gasteiger partial charge in [0, 0.05) is 19.3 Å². The van der Waals surface area contributed by atoms with E-state index in [9.17, 15) is 14.4 Å². The van der Waals surface area contributed by atoms with Crippen molar-refractivity contribution in [1.82, 2.24) is 0 Å². The van der Waals surface area contributed by atoms with Crippen LogP contribution in [-0.4, -0.2) is 37.2 Å². The fourth-order valence-electron chi connectivity index (χ4n) is 10.2. The molecule has 0 aromatic rings. The van der Waals surface area contributed by atoms with E-state index in [0.717, 1.165) is 64.2 Å². The summed E-state index contributed by atoms with van der Waals surface area (Å²) in [5, 5.41) is 0. The fourth-order valence-corrected chi connectivity index (χ4v) is 10.2. The SMILES string of the molecule is CCCC/C=C\CCCCCCCC(=O)OCC(COC(=O)CCCCCCCCCCCCCCCCCCC/C=C\CCCCCCCCCC)OC(=O)CCCCCCCCC/C=C\CCCCCCCCC. The van der Waals surface area contributed by atoms with Gasteiger partial charge in [-0.3, -0.25) is 14.4 Å². The van der Waals surface area contributed by atoms with E-state index in [-0.39, 0.29) is 31.1 Å². The minimum Gasteiger partial charge on any atom is -0.462 e. The average Bonchev–Trinajstić information content (AvgIpc) is 3.42. The second kappa shape index (κ2) is 65.2. The lowest BCUT2D eigenvalue weighted by Gasteiger charge is -2.18. The molecule has 0 aliphatic heterocycles. The molecular weight excluding hydrogens is 937 g/mol. The molecular formula is C70H130O6. The van der Waals surface area contributed by atoms with Crippen LogP contribution >= 0.6 is 0 Å². The van der Waals surface area contributed by atoms with Gasteiger partial charge in [-0.15, -0.1) is 0 Å². The minimum atomic E-state index is -0.776. The summed E-state index contributed by atoms with van der Waals surface area (Å²) in [5.74, 6) is -0.865. The highest BCUT2D eigenvalue weighted by molar-refractivity contribution is 5.71. The molecule has 0 aliphatic carbocycles. The van der Waals surface area contributed by atoms with Crippen molar-refractivity contribution in [1.29, 1.82) is 0 Å². The van der Waals surface area contributed by atoms with Crippen molar-refractivity contribution in [2.45, 2.75) is 380 Å². The normalized spacial score (nSPS) is 12.2. The Labute approximate surface area is 474 Å². The fraction of sp³-hybridized carbons (Fsp3) is 0.871.